The molecule has 106 valence electrons. The zero-order valence-corrected chi connectivity index (χ0v) is 10.3. The molecule has 0 radical (unpaired) electrons. The standard InChI is InChI=1S/C11H19F3N2O2/c1-2-8(3-6-17)16-9(18)10(11(12,13)14)4-5-15-7-10/h8,15,17H,2-7H2,1H3,(H,16,18). The van der Waals surface area contributed by atoms with Crippen molar-refractivity contribution >= 4 is 5.91 Å². The van der Waals surface area contributed by atoms with E-state index in [-0.39, 0.29) is 32.5 Å². The predicted octanol–water partition coefficient (Wildman–Crippen LogP) is 0.806. The summed E-state index contributed by atoms with van der Waals surface area (Å²) >= 11 is 0. The van der Waals surface area contributed by atoms with Crippen LogP contribution in [0.2, 0.25) is 0 Å². The minimum atomic E-state index is -4.56. The maximum Gasteiger partial charge on any atom is 0.404 e. The molecule has 0 aromatic heterocycles. The highest BCUT2D eigenvalue weighted by atomic mass is 19.4. The Morgan fingerprint density at radius 2 is 2.22 bits per heavy atom. The second-order valence-electron chi connectivity index (χ2n) is 4.60. The molecule has 18 heavy (non-hydrogen) atoms. The highest BCUT2D eigenvalue weighted by Crippen LogP contribution is 2.43. The molecule has 3 N–H and O–H groups in total. The molecule has 0 spiro atoms. The second-order valence-corrected chi connectivity index (χ2v) is 4.60. The molecule has 1 heterocycles. The van der Waals surface area contributed by atoms with Crippen LogP contribution >= 0.6 is 0 Å². The van der Waals surface area contributed by atoms with Crippen LogP contribution in [0.25, 0.3) is 0 Å². The first-order chi connectivity index (χ1) is 8.37. The molecule has 2 atom stereocenters. The molecule has 0 aromatic rings. The molecule has 0 aromatic carbocycles. The summed E-state index contributed by atoms with van der Waals surface area (Å²) in [6, 6.07) is -0.415. The fourth-order valence-electron chi connectivity index (χ4n) is 2.11. The van der Waals surface area contributed by atoms with Crippen molar-refractivity contribution in [2.24, 2.45) is 5.41 Å². The van der Waals surface area contributed by atoms with Crippen LogP contribution in [0.3, 0.4) is 0 Å². The molecule has 1 fully saturated rings. The summed E-state index contributed by atoms with van der Waals surface area (Å²) in [5.74, 6) is -0.986. The van der Waals surface area contributed by atoms with Gasteiger partial charge in [-0.15, -0.1) is 0 Å². The SMILES string of the molecule is CCC(CCO)NC(=O)C1(C(F)(F)F)CCNC1. The van der Waals surface area contributed by atoms with Crippen LogP contribution in [0, 0.1) is 5.41 Å². The normalized spacial score (nSPS) is 26.1. The highest BCUT2D eigenvalue weighted by molar-refractivity contribution is 5.84. The van der Waals surface area contributed by atoms with Crippen LogP contribution in [-0.4, -0.2) is 42.9 Å². The van der Waals surface area contributed by atoms with E-state index in [9.17, 15) is 18.0 Å². The fraction of sp³-hybridized carbons (Fsp3) is 0.909. The fourth-order valence-corrected chi connectivity index (χ4v) is 2.11. The summed E-state index contributed by atoms with van der Waals surface area (Å²) in [7, 11) is 0. The van der Waals surface area contributed by atoms with Crippen LogP contribution in [0.5, 0.6) is 0 Å². The largest absolute Gasteiger partial charge is 0.404 e. The first kappa shape index (κ1) is 15.2. The average Bonchev–Trinajstić information content (AvgIpc) is 2.77. The van der Waals surface area contributed by atoms with Crippen LogP contribution in [0.1, 0.15) is 26.2 Å². The summed E-state index contributed by atoms with van der Waals surface area (Å²) < 4.78 is 39.2. The van der Waals surface area contributed by atoms with E-state index in [4.69, 9.17) is 5.11 Å². The number of carbonyl (C=O) groups excluding carboxylic acids is 1. The van der Waals surface area contributed by atoms with Gasteiger partial charge in [-0.05, 0) is 25.8 Å². The molecular weight excluding hydrogens is 249 g/mol. The van der Waals surface area contributed by atoms with Gasteiger partial charge in [0.25, 0.3) is 0 Å². The van der Waals surface area contributed by atoms with Gasteiger partial charge in [-0.2, -0.15) is 13.2 Å². The molecule has 1 amide bonds. The first-order valence-corrected chi connectivity index (χ1v) is 6.06. The van der Waals surface area contributed by atoms with E-state index < -0.39 is 23.5 Å². The van der Waals surface area contributed by atoms with Crippen molar-refractivity contribution in [1.82, 2.24) is 10.6 Å². The van der Waals surface area contributed by atoms with Gasteiger partial charge in [0.15, 0.2) is 5.41 Å². The van der Waals surface area contributed by atoms with Gasteiger partial charge in [-0.1, -0.05) is 6.92 Å². The summed E-state index contributed by atoms with van der Waals surface area (Å²) in [5.41, 5.74) is -2.32. The molecule has 0 saturated carbocycles. The molecule has 7 heteroatoms. The minimum Gasteiger partial charge on any atom is -0.396 e. The lowest BCUT2D eigenvalue weighted by Gasteiger charge is -2.31. The number of rotatable bonds is 5. The van der Waals surface area contributed by atoms with Crippen LogP contribution < -0.4 is 10.6 Å². The molecule has 1 saturated heterocycles. The van der Waals surface area contributed by atoms with Gasteiger partial charge in [-0.3, -0.25) is 4.79 Å². The van der Waals surface area contributed by atoms with Crippen molar-refractivity contribution in [3.63, 3.8) is 0 Å². The number of alkyl halides is 3. The third-order valence-corrected chi connectivity index (χ3v) is 3.44. The number of amides is 1. The third kappa shape index (κ3) is 2.95. The molecule has 2 unspecified atom stereocenters. The van der Waals surface area contributed by atoms with Gasteiger partial charge < -0.3 is 15.7 Å². The topological polar surface area (TPSA) is 61.4 Å². The van der Waals surface area contributed by atoms with Crippen molar-refractivity contribution in [3.05, 3.63) is 0 Å². The van der Waals surface area contributed by atoms with E-state index in [1.54, 1.807) is 6.92 Å². The highest BCUT2D eigenvalue weighted by Gasteiger charge is 2.61. The Kier molecular flexibility index (Phi) is 4.98. The van der Waals surface area contributed by atoms with Crippen LogP contribution in [-0.2, 0) is 4.79 Å². The molecule has 1 aliphatic rings. The van der Waals surface area contributed by atoms with Crippen molar-refractivity contribution < 1.29 is 23.1 Å². The lowest BCUT2D eigenvalue weighted by molar-refractivity contribution is -0.216. The smallest absolute Gasteiger partial charge is 0.396 e. The molecule has 1 aliphatic heterocycles. The zero-order chi connectivity index (χ0) is 13.8. The summed E-state index contributed by atoms with van der Waals surface area (Å²) in [5, 5.41) is 13.8. The molecule has 0 bridgehead atoms. The van der Waals surface area contributed by atoms with Crippen molar-refractivity contribution in [2.45, 2.75) is 38.4 Å². The Morgan fingerprint density at radius 3 is 2.61 bits per heavy atom. The third-order valence-electron chi connectivity index (χ3n) is 3.44. The van der Waals surface area contributed by atoms with E-state index in [2.05, 4.69) is 10.6 Å². The van der Waals surface area contributed by atoms with Gasteiger partial charge >= 0.3 is 6.18 Å². The molecule has 0 aliphatic carbocycles. The number of carbonyl (C=O) groups is 1. The van der Waals surface area contributed by atoms with Gasteiger partial charge in [0.1, 0.15) is 0 Å². The van der Waals surface area contributed by atoms with Crippen LogP contribution in [0.15, 0.2) is 0 Å². The Labute approximate surface area is 104 Å². The quantitative estimate of drug-likeness (QED) is 0.691. The van der Waals surface area contributed by atoms with E-state index >= 15 is 0 Å². The van der Waals surface area contributed by atoms with Gasteiger partial charge in [0, 0.05) is 19.2 Å². The zero-order valence-electron chi connectivity index (χ0n) is 10.3. The van der Waals surface area contributed by atoms with Gasteiger partial charge in [0.2, 0.25) is 5.91 Å². The maximum absolute atomic E-state index is 13.1. The number of halogens is 3. The van der Waals surface area contributed by atoms with E-state index in [1.165, 1.54) is 0 Å². The molecule has 1 rings (SSSR count). The van der Waals surface area contributed by atoms with Crippen molar-refractivity contribution in [3.8, 4) is 0 Å². The number of nitrogens with one attached hydrogen (secondary N) is 2. The predicted molar refractivity (Wildman–Crippen MR) is 59.9 cm³/mol. The monoisotopic (exact) mass is 268 g/mol. The average molecular weight is 268 g/mol. The van der Waals surface area contributed by atoms with Gasteiger partial charge in [0.05, 0.1) is 0 Å². The van der Waals surface area contributed by atoms with E-state index in [0.717, 1.165) is 0 Å². The molecular formula is C11H19F3N2O2. The second kappa shape index (κ2) is 5.88. The van der Waals surface area contributed by atoms with Gasteiger partial charge in [-0.25, -0.2) is 0 Å². The lowest BCUT2D eigenvalue weighted by Crippen LogP contribution is -2.54. The number of hydrogen-bond donors (Lipinski definition) is 3. The number of aliphatic hydroxyl groups is 1. The lowest BCUT2D eigenvalue weighted by atomic mass is 9.84. The number of aliphatic hydroxyl groups excluding tert-OH is 1. The Hall–Kier alpha value is -0.820. The van der Waals surface area contributed by atoms with Crippen LogP contribution in [0.4, 0.5) is 13.2 Å². The number of hydrogen-bond acceptors (Lipinski definition) is 3. The summed E-state index contributed by atoms with van der Waals surface area (Å²) in [6.45, 7) is 1.41. The first-order valence-electron chi connectivity index (χ1n) is 6.06. The Morgan fingerprint density at radius 1 is 1.56 bits per heavy atom. The summed E-state index contributed by atoms with van der Waals surface area (Å²) in [4.78, 5) is 11.9. The maximum atomic E-state index is 13.1. The van der Waals surface area contributed by atoms with E-state index in [0.29, 0.717) is 6.42 Å². The van der Waals surface area contributed by atoms with Crippen molar-refractivity contribution in [2.75, 3.05) is 19.7 Å². The minimum absolute atomic E-state index is 0.157. The summed E-state index contributed by atoms with van der Waals surface area (Å²) in [6.07, 6.45) is -4.03. The Balaban J connectivity index is 2.78. The molecule has 4 nitrogen and oxygen atoms in total. The van der Waals surface area contributed by atoms with Crippen molar-refractivity contribution in [1.29, 1.82) is 0 Å². The van der Waals surface area contributed by atoms with E-state index in [1.807, 2.05) is 0 Å². The Bertz CT molecular complexity index is 289.